The summed E-state index contributed by atoms with van der Waals surface area (Å²) in [7, 11) is 0. The quantitative estimate of drug-likeness (QED) is 0.0420. The van der Waals surface area contributed by atoms with Crippen LogP contribution in [-0.4, -0.2) is 112 Å². The Hall–Kier alpha value is -5.99. The van der Waals surface area contributed by atoms with Gasteiger partial charge >= 0.3 is 0 Å². The molecular weight excluding hydrogens is 1010 g/mol. The number of nitrogens with two attached hydrogens (primary N) is 1. The largest absolute Gasteiger partial charge is 0.482 e. The number of aliphatic hydroxyl groups is 1. The Bertz CT molecular complexity index is 2910. The fourth-order valence-corrected chi connectivity index (χ4v) is 11.1. The van der Waals surface area contributed by atoms with Crippen LogP contribution in [0.5, 0.6) is 5.75 Å². The Morgan fingerprint density at radius 2 is 1.80 bits per heavy atom. The van der Waals surface area contributed by atoms with E-state index >= 15 is 0 Å². The summed E-state index contributed by atoms with van der Waals surface area (Å²) in [5, 5.41) is 30.2. The van der Waals surface area contributed by atoms with E-state index in [2.05, 4.69) is 35.8 Å². The van der Waals surface area contributed by atoms with Crippen molar-refractivity contribution in [3.05, 3.63) is 111 Å². The first-order chi connectivity index (χ1) is 35.4. The minimum absolute atomic E-state index is 0.00918. The number of aryl methyl sites for hydroxylation is 3. The van der Waals surface area contributed by atoms with Gasteiger partial charge in [-0.3, -0.25) is 23.7 Å². The van der Waals surface area contributed by atoms with Gasteiger partial charge in [-0.05, 0) is 100 Å². The minimum Gasteiger partial charge on any atom is -0.482 e. The molecule has 4 aromatic heterocycles. The number of hydrogen-bond acceptors (Lipinski definition) is 13. The first-order valence-corrected chi connectivity index (χ1v) is 26.8. The van der Waals surface area contributed by atoms with Crippen LogP contribution >= 0.6 is 34.5 Å². The standard InChI is InChI=1S/C53H65Cl2FN12O5S/c1-32-48(74-31-60-32)35-15-13-34(14-16-35)24-59-51(71)43-23-40(69)30-67(43)52(72)49(53(3,4)5)62-45(70)12-6-7-21-66-28-38(63-64-66)10-8-19-65-20-9-11-39(29-65)68-27-37(26-61-68)36-22-44(50(57)58-25-36)73-33(2)46-41(54)17-18-42(56)47(46)55/h13-18,22,25-28,31,33,39-40,43,49,69H,6-12,19-21,23-24,29-30H2,1-5H3,(H2,57,58)(H,59,71)(H,62,70)/t33-,39?,40-,43+,49-/m1/s1. The van der Waals surface area contributed by atoms with E-state index in [1.165, 1.54) is 17.0 Å². The summed E-state index contributed by atoms with van der Waals surface area (Å²) >= 11 is 14.2. The average Bonchev–Trinajstić information content (AvgIpc) is 4.22. The van der Waals surface area contributed by atoms with Gasteiger partial charge in [0.25, 0.3) is 0 Å². The Labute approximate surface area is 445 Å². The van der Waals surface area contributed by atoms with Gasteiger partial charge in [0.1, 0.15) is 24.0 Å². The van der Waals surface area contributed by atoms with Crippen molar-refractivity contribution in [1.29, 1.82) is 0 Å². The number of pyridine rings is 1. The third-order valence-electron chi connectivity index (χ3n) is 13.7. The van der Waals surface area contributed by atoms with Crippen LogP contribution in [0.4, 0.5) is 10.2 Å². The van der Waals surface area contributed by atoms with Crippen molar-refractivity contribution in [3.8, 4) is 27.3 Å². The lowest BCUT2D eigenvalue weighted by atomic mass is 9.85. The molecule has 2 aliphatic rings. The minimum atomic E-state index is -0.896. The molecule has 0 aliphatic carbocycles. The van der Waals surface area contributed by atoms with E-state index in [9.17, 15) is 23.9 Å². The van der Waals surface area contributed by atoms with Crippen LogP contribution in [-0.2, 0) is 33.9 Å². The molecule has 8 rings (SSSR count). The van der Waals surface area contributed by atoms with Gasteiger partial charge < -0.3 is 36.0 Å². The van der Waals surface area contributed by atoms with Gasteiger partial charge in [-0.25, -0.2) is 14.4 Å². The van der Waals surface area contributed by atoms with Gasteiger partial charge in [-0.15, -0.1) is 16.4 Å². The number of likely N-dealkylation sites (tertiary alicyclic amines) is 2. The molecule has 21 heteroatoms. The van der Waals surface area contributed by atoms with Crippen LogP contribution in [0.1, 0.15) is 107 Å². The van der Waals surface area contributed by atoms with E-state index in [0.717, 1.165) is 83.8 Å². The zero-order chi connectivity index (χ0) is 52.7. The number of aromatic nitrogens is 7. The average molecular weight is 1070 g/mol. The lowest BCUT2D eigenvalue weighted by Gasteiger charge is -2.35. The maximum atomic E-state index is 14.2. The van der Waals surface area contributed by atoms with E-state index in [0.29, 0.717) is 30.7 Å². The number of β-amino-alcohol motifs (C(OH)–C–C–N with tert-alkyl or cyclic N) is 1. The summed E-state index contributed by atoms with van der Waals surface area (Å²) in [6.45, 7) is 13.0. The number of nitrogens with one attached hydrogen (secondary N) is 2. The van der Waals surface area contributed by atoms with Gasteiger partial charge in [0.2, 0.25) is 17.7 Å². The maximum Gasteiger partial charge on any atom is 0.246 e. The van der Waals surface area contributed by atoms with Crippen LogP contribution in [0.15, 0.2) is 72.8 Å². The molecule has 5 N–H and O–H groups in total. The molecule has 6 heterocycles. The van der Waals surface area contributed by atoms with Crippen LogP contribution in [0, 0.1) is 18.2 Å². The van der Waals surface area contributed by atoms with Gasteiger partial charge in [0.15, 0.2) is 11.6 Å². The highest BCUT2D eigenvalue weighted by Gasteiger charge is 2.44. The van der Waals surface area contributed by atoms with Crippen LogP contribution in [0.25, 0.3) is 21.6 Å². The first-order valence-electron chi connectivity index (χ1n) is 25.2. The van der Waals surface area contributed by atoms with Gasteiger partial charge in [-0.2, -0.15) is 5.10 Å². The monoisotopic (exact) mass is 1070 g/mol. The summed E-state index contributed by atoms with van der Waals surface area (Å²) in [5.41, 5.74) is 13.1. The van der Waals surface area contributed by atoms with Crippen LogP contribution < -0.4 is 21.1 Å². The van der Waals surface area contributed by atoms with Crippen molar-refractivity contribution in [1.82, 2.24) is 55.2 Å². The number of nitrogens with zero attached hydrogens (tertiary/aromatic N) is 9. The number of halogens is 3. The molecule has 0 bridgehead atoms. The van der Waals surface area contributed by atoms with Crippen molar-refractivity contribution in [3.63, 3.8) is 0 Å². The smallest absolute Gasteiger partial charge is 0.246 e. The lowest BCUT2D eigenvalue weighted by molar-refractivity contribution is -0.144. The highest BCUT2D eigenvalue weighted by molar-refractivity contribution is 7.13. The number of unbranched alkanes of at least 4 members (excludes halogenated alkanes) is 1. The number of rotatable bonds is 20. The zero-order valence-electron chi connectivity index (χ0n) is 42.4. The second-order valence-electron chi connectivity index (χ2n) is 20.4. The second kappa shape index (κ2) is 24.1. The molecule has 1 unspecified atom stereocenters. The Morgan fingerprint density at radius 1 is 1.00 bits per heavy atom. The number of benzene rings is 2. The van der Waals surface area contributed by atoms with Gasteiger partial charge in [0, 0.05) is 79.3 Å². The number of piperidine rings is 1. The molecule has 3 amide bonds. The van der Waals surface area contributed by atoms with E-state index in [1.54, 1.807) is 36.7 Å². The molecule has 2 fully saturated rings. The van der Waals surface area contributed by atoms with Crippen LogP contribution in [0.3, 0.4) is 0 Å². The highest BCUT2D eigenvalue weighted by Crippen LogP contribution is 2.38. The van der Waals surface area contributed by atoms with Crippen molar-refractivity contribution >= 4 is 58.1 Å². The SMILES string of the molecule is Cc1ncsc1-c1ccc(CNC(=O)[C@@H]2C[C@@H](O)CN2C(=O)[C@@H](NC(=O)CCCCn2cc(CCCN3CCCC(n4cc(-c5cnc(N)c(O[C@H](C)c6c(Cl)ccc(F)c6Cl)c5)cn4)C3)nn2)C(C)(C)C)cc1. The maximum absolute atomic E-state index is 14.2. The van der Waals surface area contributed by atoms with Crippen molar-refractivity contribution in [2.45, 2.75) is 129 Å². The third-order valence-corrected chi connectivity index (χ3v) is 15.4. The highest BCUT2D eigenvalue weighted by atomic mass is 35.5. The predicted octanol–water partition coefficient (Wildman–Crippen LogP) is 8.39. The second-order valence-corrected chi connectivity index (χ2v) is 22.0. The molecule has 6 aromatic rings. The molecule has 2 aromatic carbocycles. The number of amides is 3. The molecule has 0 spiro atoms. The van der Waals surface area contributed by atoms with Gasteiger partial charge in [-0.1, -0.05) is 73.5 Å². The number of hydrogen-bond donors (Lipinski definition) is 4. The third kappa shape index (κ3) is 13.5. The summed E-state index contributed by atoms with van der Waals surface area (Å²) in [6.07, 6.45) is 11.2. The van der Waals surface area contributed by atoms with Gasteiger partial charge in [0.05, 0.1) is 45.1 Å². The zero-order valence-corrected chi connectivity index (χ0v) is 44.8. The number of anilines is 1. The van der Waals surface area contributed by atoms with E-state index in [1.807, 2.05) is 79.2 Å². The number of thiazole rings is 1. The fraction of sp³-hybridized carbons (Fsp3) is 0.472. The molecule has 17 nitrogen and oxygen atoms in total. The van der Waals surface area contributed by atoms with E-state index < -0.39 is 41.4 Å². The van der Waals surface area contributed by atoms with Crippen LogP contribution in [0.2, 0.25) is 10.0 Å². The number of carbonyl (C=O) groups is 3. The Balaban J connectivity index is 0.753. The molecule has 2 saturated heterocycles. The molecule has 0 radical (unpaired) electrons. The lowest BCUT2D eigenvalue weighted by Crippen LogP contribution is -2.57. The Morgan fingerprint density at radius 3 is 2.55 bits per heavy atom. The number of carbonyl (C=O) groups excluding carboxylic acids is 3. The van der Waals surface area contributed by atoms with Crippen molar-refractivity contribution in [2.75, 3.05) is 31.9 Å². The fourth-order valence-electron chi connectivity index (χ4n) is 9.63. The summed E-state index contributed by atoms with van der Waals surface area (Å²) in [4.78, 5) is 54.6. The molecule has 5 atom stereocenters. The Kier molecular flexibility index (Phi) is 17.7. The van der Waals surface area contributed by atoms with Crippen molar-refractivity contribution < 1.29 is 28.6 Å². The molecular formula is C53H65Cl2FN12O5S. The topological polar surface area (TPSA) is 212 Å². The molecule has 0 saturated carbocycles. The number of nitrogen functional groups attached to an aromatic ring is 1. The first kappa shape index (κ1) is 54.3. The molecule has 394 valence electrons. The number of aliphatic hydroxyl groups excluding tert-OH is 1. The van der Waals surface area contributed by atoms with E-state index in [4.69, 9.17) is 38.8 Å². The number of ether oxygens (including phenoxy) is 1. The normalized spacial score (nSPS) is 18.1. The van der Waals surface area contributed by atoms with Crippen molar-refractivity contribution in [2.24, 2.45) is 5.41 Å². The summed E-state index contributed by atoms with van der Waals surface area (Å²) in [6, 6.07) is 10.8. The molecule has 74 heavy (non-hydrogen) atoms. The summed E-state index contributed by atoms with van der Waals surface area (Å²) in [5.74, 6) is -1.08. The molecule has 2 aliphatic heterocycles. The van der Waals surface area contributed by atoms with E-state index in [-0.39, 0.29) is 59.7 Å². The summed E-state index contributed by atoms with van der Waals surface area (Å²) < 4.78 is 24.2. The predicted molar refractivity (Wildman–Crippen MR) is 284 cm³/mol.